The molecule has 1 amide bonds. The SMILES string of the molecule is Cc1cnc(CN(CC(C)C)C(=O)OC(C)(C)C)[nH]1. The molecule has 0 bridgehead atoms. The first-order valence-electron chi connectivity index (χ1n) is 6.66. The third kappa shape index (κ3) is 5.77. The molecule has 0 aliphatic carbocycles. The van der Waals surface area contributed by atoms with Gasteiger partial charge in [-0.3, -0.25) is 0 Å². The Morgan fingerprint density at radius 1 is 1.47 bits per heavy atom. The van der Waals surface area contributed by atoms with E-state index in [1.54, 1.807) is 11.1 Å². The van der Waals surface area contributed by atoms with Crippen LogP contribution in [0.25, 0.3) is 0 Å². The predicted molar refractivity (Wildman–Crippen MR) is 74.8 cm³/mol. The van der Waals surface area contributed by atoms with Gasteiger partial charge in [0.1, 0.15) is 11.4 Å². The summed E-state index contributed by atoms with van der Waals surface area (Å²) in [5, 5.41) is 0. The van der Waals surface area contributed by atoms with Crippen LogP contribution in [-0.4, -0.2) is 33.1 Å². The number of carbonyl (C=O) groups excluding carboxylic acids is 1. The van der Waals surface area contributed by atoms with Gasteiger partial charge in [-0.25, -0.2) is 9.78 Å². The summed E-state index contributed by atoms with van der Waals surface area (Å²) in [7, 11) is 0. The minimum Gasteiger partial charge on any atom is -0.444 e. The van der Waals surface area contributed by atoms with Crippen LogP contribution in [0.15, 0.2) is 6.20 Å². The number of aromatic nitrogens is 2. The zero-order valence-corrected chi connectivity index (χ0v) is 12.8. The molecule has 1 aromatic rings. The molecule has 0 aliphatic heterocycles. The third-order valence-corrected chi connectivity index (χ3v) is 2.33. The van der Waals surface area contributed by atoms with Crippen molar-refractivity contribution in [2.24, 2.45) is 5.92 Å². The molecule has 0 unspecified atom stereocenters. The van der Waals surface area contributed by atoms with E-state index < -0.39 is 5.60 Å². The van der Waals surface area contributed by atoms with Gasteiger partial charge in [-0.2, -0.15) is 0 Å². The van der Waals surface area contributed by atoms with Gasteiger partial charge in [0.05, 0.1) is 6.54 Å². The maximum absolute atomic E-state index is 12.2. The fourth-order valence-electron chi connectivity index (χ4n) is 1.70. The van der Waals surface area contributed by atoms with Crippen LogP contribution in [0.4, 0.5) is 4.79 Å². The molecule has 1 heterocycles. The van der Waals surface area contributed by atoms with Crippen molar-refractivity contribution in [1.82, 2.24) is 14.9 Å². The van der Waals surface area contributed by atoms with Crippen molar-refractivity contribution in [3.05, 3.63) is 17.7 Å². The highest BCUT2D eigenvalue weighted by Gasteiger charge is 2.23. The van der Waals surface area contributed by atoms with Gasteiger partial charge in [-0.1, -0.05) is 13.8 Å². The molecule has 5 heteroatoms. The lowest BCUT2D eigenvalue weighted by Gasteiger charge is -2.28. The number of rotatable bonds is 4. The van der Waals surface area contributed by atoms with E-state index in [1.807, 2.05) is 27.7 Å². The van der Waals surface area contributed by atoms with E-state index in [-0.39, 0.29) is 6.09 Å². The summed E-state index contributed by atoms with van der Waals surface area (Å²) in [6.45, 7) is 12.8. The molecule has 0 spiro atoms. The van der Waals surface area contributed by atoms with Crippen molar-refractivity contribution in [3.63, 3.8) is 0 Å². The Hall–Kier alpha value is -1.52. The summed E-state index contributed by atoms with van der Waals surface area (Å²) in [6.07, 6.45) is 1.47. The van der Waals surface area contributed by atoms with Crippen molar-refractivity contribution in [1.29, 1.82) is 0 Å². The van der Waals surface area contributed by atoms with E-state index in [1.165, 1.54) is 0 Å². The van der Waals surface area contributed by atoms with Crippen molar-refractivity contribution < 1.29 is 9.53 Å². The maximum Gasteiger partial charge on any atom is 0.410 e. The Morgan fingerprint density at radius 2 is 2.11 bits per heavy atom. The molecule has 19 heavy (non-hydrogen) atoms. The molecular weight excluding hydrogens is 242 g/mol. The Labute approximate surface area is 115 Å². The Bertz CT molecular complexity index is 419. The second-order valence-electron chi connectivity index (χ2n) is 6.27. The molecule has 0 aliphatic rings. The minimum absolute atomic E-state index is 0.296. The third-order valence-electron chi connectivity index (χ3n) is 2.33. The quantitative estimate of drug-likeness (QED) is 0.912. The summed E-state index contributed by atoms with van der Waals surface area (Å²) in [4.78, 5) is 21.2. The highest BCUT2D eigenvalue weighted by atomic mass is 16.6. The van der Waals surface area contributed by atoms with Gasteiger partial charge < -0.3 is 14.6 Å². The first-order valence-corrected chi connectivity index (χ1v) is 6.66. The van der Waals surface area contributed by atoms with Gasteiger partial charge in [0.25, 0.3) is 0 Å². The van der Waals surface area contributed by atoms with Crippen molar-refractivity contribution in [3.8, 4) is 0 Å². The first-order chi connectivity index (χ1) is 8.67. The van der Waals surface area contributed by atoms with Crippen molar-refractivity contribution in [2.45, 2.75) is 53.7 Å². The number of hydrogen-bond donors (Lipinski definition) is 1. The van der Waals surface area contributed by atoms with Gasteiger partial charge in [0.2, 0.25) is 0 Å². The van der Waals surface area contributed by atoms with E-state index >= 15 is 0 Å². The van der Waals surface area contributed by atoms with Gasteiger partial charge in [-0.15, -0.1) is 0 Å². The van der Waals surface area contributed by atoms with E-state index in [2.05, 4.69) is 23.8 Å². The second kappa shape index (κ2) is 6.08. The maximum atomic E-state index is 12.2. The number of aryl methyl sites for hydroxylation is 1. The lowest BCUT2D eigenvalue weighted by molar-refractivity contribution is 0.0206. The van der Waals surface area contributed by atoms with E-state index in [9.17, 15) is 4.79 Å². The van der Waals surface area contributed by atoms with Gasteiger partial charge in [0.15, 0.2) is 0 Å². The summed E-state index contributed by atoms with van der Waals surface area (Å²) in [6, 6.07) is 0. The number of amides is 1. The fraction of sp³-hybridized carbons (Fsp3) is 0.714. The molecule has 1 aromatic heterocycles. The monoisotopic (exact) mass is 267 g/mol. The largest absolute Gasteiger partial charge is 0.444 e. The smallest absolute Gasteiger partial charge is 0.410 e. The number of nitrogens with one attached hydrogen (secondary N) is 1. The molecule has 0 radical (unpaired) electrons. The average Bonchev–Trinajstić information content (AvgIpc) is 2.59. The van der Waals surface area contributed by atoms with Crippen LogP contribution >= 0.6 is 0 Å². The lowest BCUT2D eigenvalue weighted by Crippen LogP contribution is -2.38. The van der Waals surface area contributed by atoms with Crippen LogP contribution in [0.1, 0.15) is 46.1 Å². The molecule has 0 fully saturated rings. The van der Waals surface area contributed by atoms with E-state index in [0.29, 0.717) is 19.0 Å². The highest BCUT2D eigenvalue weighted by molar-refractivity contribution is 5.68. The number of H-pyrrole nitrogens is 1. The minimum atomic E-state index is -0.481. The van der Waals surface area contributed by atoms with E-state index in [0.717, 1.165) is 11.5 Å². The number of carbonyl (C=O) groups is 1. The van der Waals surface area contributed by atoms with Gasteiger partial charge in [-0.05, 0) is 33.6 Å². The van der Waals surface area contributed by atoms with Gasteiger partial charge in [0, 0.05) is 18.4 Å². The van der Waals surface area contributed by atoms with Crippen LogP contribution in [0, 0.1) is 12.8 Å². The summed E-state index contributed by atoms with van der Waals surface area (Å²) < 4.78 is 5.43. The number of hydrogen-bond acceptors (Lipinski definition) is 3. The molecule has 108 valence electrons. The molecule has 1 N–H and O–H groups in total. The Kier molecular flexibility index (Phi) is 4.97. The number of nitrogens with zero attached hydrogens (tertiary/aromatic N) is 2. The predicted octanol–water partition coefficient (Wildman–Crippen LogP) is 3.11. The zero-order chi connectivity index (χ0) is 14.6. The topological polar surface area (TPSA) is 58.2 Å². The molecule has 0 saturated carbocycles. The Morgan fingerprint density at radius 3 is 2.53 bits per heavy atom. The molecular formula is C14H25N3O2. The standard InChI is InChI=1S/C14H25N3O2/c1-10(2)8-17(13(18)19-14(4,5)6)9-12-15-7-11(3)16-12/h7,10H,8-9H2,1-6H3,(H,15,16). The highest BCUT2D eigenvalue weighted by Crippen LogP contribution is 2.13. The van der Waals surface area contributed by atoms with Crippen LogP contribution in [0.3, 0.4) is 0 Å². The fourth-order valence-corrected chi connectivity index (χ4v) is 1.70. The molecule has 1 rings (SSSR count). The number of aromatic amines is 1. The average molecular weight is 267 g/mol. The van der Waals surface area contributed by atoms with Crippen molar-refractivity contribution in [2.75, 3.05) is 6.54 Å². The Balaban J connectivity index is 2.74. The number of imidazole rings is 1. The summed E-state index contributed by atoms with van der Waals surface area (Å²) in [5.74, 6) is 1.16. The zero-order valence-electron chi connectivity index (χ0n) is 12.8. The van der Waals surface area contributed by atoms with Crippen LogP contribution in [-0.2, 0) is 11.3 Å². The lowest BCUT2D eigenvalue weighted by atomic mass is 10.2. The number of ether oxygens (including phenoxy) is 1. The van der Waals surface area contributed by atoms with E-state index in [4.69, 9.17) is 4.74 Å². The van der Waals surface area contributed by atoms with Crippen LogP contribution < -0.4 is 0 Å². The van der Waals surface area contributed by atoms with Crippen molar-refractivity contribution >= 4 is 6.09 Å². The first kappa shape index (κ1) is 15.5. The van der Waals surface area contributed by atoms with Crippen LogP contribution in [0.2, 0.25) is 0 Å². The van der Waals surface area contributed by atoms with Crippen LogP contribution in [0.5, 0.6) is 0 Å². The summed E-state index contributed by atoms with van der Waals surface area (Å²) >= 11 is 0. The summed E-state index contributed by atoms with van der Waals surface area (Å²) in [5.41, 5.74) is 0.509. The normalized spacial score (nSPS) is 11.7. The molecule has 0 aromatic carbocycles. The molecule has 0 atom stereocenters. The molecule has 0 saturated heterocycles. The second-order valence-corrected chi connectivity index (χ2v) is 6.27. The van der Waals surface area contributed by atoms with Gasteiger partial charge >= 0.3 is 6.09 Å². The molecule has 5 nitrogen and oxygen atoms in total.